The molecule has 1 aromatic rings. The minimum Gasteiger partial charge on any atom is -0.477 e. The number of halogens is 2. The third-order valence-corrected chi connectivity index (χ3v) is 4.03. The van der Waals surface area contributed by atoms with E-state index in [1.54, 1.807) is 30.5 Å². The van der Waals surface area contributed by atoms with E-state index in [1.807, 2.05) is 0 Å². The Morgan fingerprint density at radius 2 is 1.74 bits per heavy atom. The molecule has 2 heterocycles. The van der Waals surface area contributed by atoms with E-state index in [9.17, 15) is 9.59 Å². The van der Waals surface area contributed by atoms with Crippen molar-refractivity contribution in [2.24, 2.45) is 5.10 Å². The Morgan fingerprint density at radius 1 is 1.09 bits per heavy atom. The maximum Gasteiger partial charge on any atom is 0.355 e. The van der Waals surface area contributed by atoms with E-state index in [2.05, 4.69) is 5.10 Å². The van der Waals surface area contributed by atoms with E-state index in [-0.39, 0.29) is 11.4 Å². The normalized spacial score (nSPS) is 19.3. The van der Waals surface area contributed by atoms with E-state index in [0.717, 1.165) is 0 Å². The summed E-state index contributed by atoms with van der Waals surface area (Å²) in [6.07, 6.45) is 4.68. The van der Waals surface area contributed by atoms with E-state index in [4.69, 9.17) is 33.4 Å². The van der Waals surface area contributed by atoms with Crippen LogP contribution in [0.15, 0.2) is 47.0 Å². The average molecular weight is 354 g/mol. The lowest BCUT2D eigenvalue weighted by molar-refractivity contribution is -0.134. The van der Waals surface area contributed by atoms with Gasteiger partial charge in [0.05, 0.1) is 28.0 Å². The number of nitrogens with zero attached hydrogens (tertiary/aromatic N) is 3. The highest BCUT2D eigenvalue weighted by molar-refractivity contribution is 6.42. The second-order valence-corrected chi connectivity index (χ2v) is 5.53. The number of benzene rings is 1. The molecule has 0 aliphatic carbocycles. The van der Waals surface area contributed by atoms with Gasteiger partial charge in [0, 0.05) is 6.20 Å². The van der Waals surface area contributed by atoms with E-state index < -0.39 is 18.0 Å². The van der Waals surface area contributed by atoms with Crippen molar-refractivity contribution in [2.75, 3.05) is 5.01 Å². The molecule has 2 aliphatic rings. The molecule has 1 unspecified atom stereocenters. The third-order valence-electron chi connectivity index (χ3n) is 3.30. The van der Waals surface area contributed by atoms with Crippen LogP contribution in [-0.2, 0) is 9.59 Å². The van der Waals surface area contributed by atoms with E-state index in [0.29, 0.717) is 15.7 Å². The summed E-state index contributed by atoms with van der Waals surface area (Å²) < 4.78 is 0. The number of carboxylic acid groups (broad SMARTS) is 2. The summed E-state index contributed by atoms with van der Waals surface area (Å²) >= 11 is 11.8. The zero-order chi connectivity index (χ0) is 16.7. The van der Waals surface area contributed by atoms with Crippen molar-refractivity contribution in [2.45, 2.75) is 6.04 Å². The van der Waals surface area contributed by atoms with Crippen molar-refractivity contribution in [1.82, 2.24) is 4.90 Å². The second-order valence-electron chi connectivity index (χ2n) is 4.72. The number of hydrogen-bond acceptors (Lipinski definition) is 5. The predicted molar refractivity (Wildman–Crippen MR) is 84.5 cm³/mol. The number of hydrazone groups is 1. The smallest absolute Gasteiger partial charge is 0.355 e. The standard InChI is InChI=1S/C14H9Cl2N3O4/c15-9-2-1-7(5-10(9)16)18-4-3-8(6-17-18)19-11(13(20)21)12(19)14(22)23/h1-6,8H,(H,20,21)(H,22,23). The topological polar surface area (TPSA) is 93.2 Å². The Morgan fingerprint density at radius 3 is 2.22 bits per heavy atom. The van der Waals surface area contributed by atoms with Gasteiger partial charge in [0.2, 0.25) is 0 Å². The van der Waals surface area contributed by atoms with Crippen LogP contribution in [0.3, 0.4) is 0 Å². The van der Waals surface area contributed by atoms with Gasteiger partial charge in [-0.2, -0.15) is 5.10 Å². The third kappa shape index (κ3) is 2.76. The monoisotopic (exact) mass is 353 g/mol. The number of rotatable bonds is 4. The van der Waals surface area contributed by atoms with Crippen LogP contribution in [0.25, 0.3) is 0 Å². The Labute approximate surface area is 140 Å². The van der Waals surface area contributed by atoms with E-state index >= 15 is 0 Å². The molecule has 0 saturated heterocycles. The molecule has 0 amide bonds. The van der Waals surface area contributed by atoms with Crippen LogP contribution in [0.1, 0.15) is 0 Å². The SMILES string of the molecule is O=C(O)C1=C(C(=O)O)N1C1C=CN(c2ccc(Cl)c(Cl)c2)N=C1. The van der Waals surface area contributed by atoms with Gasteiger partial charge < -0.3 is 15.1 Å². The van der Waals surface area contributed by atoms with Crippen LogP contribution in [0.2, 0.25) is 10.0 Å². The molecule has 0 saturated carbocycles. The van der Waals surface area contributed by atoms with Crippen molar-refractivity contribution in [3.8, 4) is 0 Å². The Hall–Kier alpha value is -2.51. The van der Waals surface area contributed by atoms with Crippen LogP contribution < -0.4 is 5.01 Å². The fourth-order valence-electron chi connectivity index (χ4n) is 2.22. The predicted octanol–water partition coefficient (Wildman–Crippen LogP) is 2.38. The summed E-state index contributed by atoms with van der Waals surface area (Å²) in [5, 5.41) is 24.5. The maximum absolute atomic E-state index is 11.0. The molecule has 0 aromatic heterocycles. The molecule has 7 nitrogen and oxygen atoms in total. The molecule has 1 aromatic carbocycles. The molecule has 23 heavy (non-hydrogen) atoms. The lowest BCUT2D eigenvalue weighted by Crippen LogP contribution is -2.28. The Kier molecular flexibility index (Phi) is 3.75. The fourth-order valence-corrected chi connectivity index (χ4v) is 2.51. The molecule has 2 N–H and O–H groups in total. The highest BCUT2D eigenvalue weighted by Crippen LogP contribution is 2.36. The number of carbonyl (C=O) groups is 2. The summed E-state index contributed by atoms with van der Waals surface area (Å²) in [5.41, 5.74) is 0.198. The fraction of sp³-hybridized carbons (Fsp3) is 0.0714. The molecule has 118 valence electrons. The van der Waals surface area contributed by atoms with Crippen molar-refractivity contribution in [1.29, 1.82) is 0 Å². The highest BCUT2D eigenvalue weighted by Gasteiger charge is 2.47. The average Bonchev–Trinajstić information content (AvgIpc) is 3.26. The van der Waals surface area contributed by atoms with Crippen molar-refractivity contribution in [3.05, 3.63) is 51.9 Å². The van der Waals surface area contributed by atoms with Crippen LogP contribution in [-0.4, -0.2) is 39.3 Å². The van der Waals surface area contributed by atoms with Gasteiger partial charge in [-0.25, -0.2) is 14.6 Å². The summed E-state index contributed by atoms with van der Waals surface area (Å²) in [4.78, 5) is 23.2. The Bertz CT molecular complexity index is 765. The molecule has 0 spiro atoms. The molecular formula is C14H9Cl2N3O4. The first-order chi connectivity index (χ1) is 10.9. The molecular weight excluding hydrogens is 345 g/mol. The van der Waals surface area contributed by atoms with Gasteiger partial charge in [-0.3, -0.25) is 0 Å². The van der Waals surface area contributed by atoms with E-state index in [1.165, 1.54) is 16.1 Å². The molecule has 0 bridgehead atoms. The number of carboxylic acids is 2. The lowest BCUT2D eigenvalue weighted by atomic mass is 10.2. The molecule has 1 atom stereocenters. The Balaban J connectivity index is 1.75. The highest BCUT2D eigenvalue weighted by atomic mass is 35.5. The van der Waals surface area contributed by atoms with Gasteiger partial charge in [0.25, 0.3) is 0 Å². The van der Waals surface area contributed by atoms with Crippen molar-refractivity contribution >= 4 is 47.0 Å². The van der Waals surface area contributed by atoms with Gasteiger partial charge in [0.15, 0.2) is 11.4 Å². The minimum absolute atomic E-state index is 0.235. The van der Waals surface area contributed by atoms with Crippen molar-refractivity contribution < 1.29 is 19.8 Å². The van der Waals surface area contributed by atoms with Gasteiger partial charge >= 0.3 is 11.9 Å². The van der Waals surface area contributed by atoms with Crippen LogP contribution >= 0.6 is 23.2 Å². The van der Waals surface area contributed by atoms with Gasteiger partial charge in [-0.05, 0) is 24.3 Å². The first-order valence-corrected chi connectivity index (χ1v) is 7.12. The van der Waals surface area contributed by atoms with Crippen LogP contribution in [0.5, 0.6) is 0 Å². The molecule has 0 fully saturated rings. The van der Waals surface area contributed by atoms with Gasteiger partial charge in [-0.1, -0.05) is 23.2 Å². The largest absolute Gasteiger partial charge is 0.477 e. The number of anilines is 1. The van der Waals surface area contributed by atoms with Gasteiger partial charge in [-0.15, -0.1) is 0 Å². The quantitative estimate of drug-likeness (QED) is 0.862. The lowest BCUT2D eigenvalue weighted by Gasteiger charge is -2.22. The summed E-state index contributed by atoms with van der Waals surface area (Å²) in [7, 11) is 0. The zero-order valence-electron chi connectivity index (χ0n) is 11.3. The number of hydrogen-bond donors (Lipinski definition) is 2. The van der Waals surface area contributed by atoms with Gasteiger partial charge in [0.1, 0.15) is 0 Å². The first-order valence-electron chi connectivity index (χ1n) is 6.37. The molecule has 3 rings (SSSR count). The number of aliphatic carboxylic acids is 2. The summed E-state index contributed by atoms with van der Waals surface area (Å²) in [6, 6.07) is 4.42. The van der Waals surface area contributed by atoms with Crippen LogP contribution in [0.4, 0.5) is 5.69 Å². The van der Waals surface area contributed by atoms with Crippen LogP contribution in [0, 0.1) is 0 Å². The zero-order valence-corrected chi connectivity index (χ0v) is 12.9. The summed E-state index contributed by atoms with van der Waals surface area (Å²) in [5.74, 6) is -2.56. The molecule has 0 radical (unpaired) electrons. The summed E-state index contributed by atoms with van der Waals surface area (Å²) in [6.45, 7) is 0. The molecule has 2 aliphatic heterocycles. The molecule has 9 heteroatoms. The maximum atomic E-state index is 11.0. The first kappa shape index (κ1) is 15.4. The van der Waals surface area contributed by atoms with Crippen molar-refractivity contribution in [3.63, 3.8) is 0 Å². The minimum atomic E-state index is -1.28. The second kappa shape index (κ2) is 5.60.